The number of aromatic hydroxyl groups is 1. The molecule has 0 aliphatic heterocycles. The second-order valence-electron chi connectivity index (χ2n) is 4.87. The molecule has 6 heteroatoms. The zero-order chi connectivity index (χ0) is 19.4. The van der Waals surface area contributed by atoms with Gasteiger partial charge in [-0.2, -0.15) is 48.0 Å². The van der Waals surface area contributed by atoms with Gasteiger partial charge in [0.25, 0.3) is 0 Å². The van der Waals surface area contributed by atoms with E-state index >= 15 is 0 Å². The molecule has 0 spiro atoms. The number of esters is 1. The molecule has 0 heterocycles. The van der Waals surface area contributed by atoms with Crippen LogP contribution >= 0.6 is 11.6 Å². The predicted octanol–water partition coefficient (Wildman–Crippen LogP) is 4.74. The normalized spacial score (nSPS) is 9.04. The van der Waals surface area contributed by atoms with Crippen molar-refractivity contribution in [1.29, 1.82) is 0 Å². The van der Waals surface area contributed by atoms with Gasteiger partial charge >= 0.3 is 25.5 Å². The van der Waals surface area contributed by atoms with Gasteiger partial charge in [-0.05, 0) is 24.1 Å². The van der Waals surface area contributed by atoms with Crippen molar-refractivity contribution in [3.8, 4) is 11.5 Å². The van der Waals surface area contributed by atoms with Crippen LogP contribution in [0, 0.1) is 19.1 Å². The summed E-state index contributed by atoms with van der Waals surface area (Å²) in [5, 5.41) is 8.98. The fourth-order valence-corrected chi connectivity index (χ4v) is 1.87. The Morgan fingerprint density at radius 1 is 1.00 bits per heavy atom. The van der Waals surface area contributed by atoms with E-state index in [0.717, 1.165) is 5.56 Å². The molecule has 0 unspecified atom stereocenters. The molecule has 1 N–H and O–H groups in total. The zero-order valence-corrected chi connectivity index (χ0v) is 15.5. The molecule has 0 aliphatic rings. The Bertz CT molecular complexity index is 808. The Balaban J connectivity index is 0.000000313. The molecule has 0 radical (unpaired) electrons. The van der Waals surface area contributed by atoms with Gasteiger partial charge in [-0.25, -0.2) is 4.79 Å². The fourth-order valence-electron chi connectivity index (χ4n) is 1.71. The first-order valence-corrected chi connectivity index (χ1v) is 8.09. The van der Waals surface area contributed by atoms with E-state index in [1.807, 2.05) is 19.1 Å². The van der Waals surface area contributed by atoms with E-state index in [1.54, 1.807) is 54.6 Å². The van der Waals surface area contributed by atoms with E-state index in [2.05, 4.69) is 27.8 Å². The van der Waals surface area contributed by atoms with Gasteiger partial charge < -0.3 is 9.84 Å². The molecule has 0 bridgehead atoms. The summed E-state index contributed by atoms with van der Waals surface area (Å²) in [6, 6.07) is 24.0. The minimum absolute atomic E-state index is 0.291. The number of rotatable bonds is 2. The van der Waals surface area contributed by atoms with Crippen LogP contribution in [0.5, 0.6) is 11.5 Å². The van der Waals surface area contributed by atoms with Gasteiger partial charge in [-0.1, -0.05) is 17.7 Å². The van der Waals surface area contributed by atoms with Crippen molar-refractivity contribution in [1.82, 2.24) is 0 Å². The molecule has 0 amide bonds. The molecule has 0 atom stereocenters. The second-order valence-corrected chi connectivity index (χ2v) is 5.28. The van der Waals surface area contributed by atoms with Crippen molar-refractivity contribution in [3.05, 3.63) is 95.0 Å². The molecule has 0 saturated heterocycles. The number of hydrogen-bond donors (Lipinski definition) is 1. The Morgan fingerprint density at radius 2 is 1.58 bits per heavy atom. The van der Waals surface area contributed by atoms with Gasteiger partial charge in [0, 0.05) is 11.5 Å². The standard InChI is InChI=1S/C14H10ClO2.C6H5O.Co.O/c1-10-6-8-11(9-7-10)14(16)17-13-5-3-2-4-12(13)15;7-6-4-2-1-3-5-6;;/h3-9H,1H3;2-5,7H;;/q2*-1;;. The number of hydrogen-bond acceptors (Lipinski definition) is 4. The van der Waals surface area contributed by atoms with Crippen LogP contribution in [0.3, 0.4) is 0 Å². The summed E-state index contributed by atoms with van der Waals surface area (Å²) in [5.74, 6) is 0.216. The van der Waals surface area contributed by atoms with E-state index in [1.165, 1.54) is 0 Å². The number of phenolic OH excluding ortho intramolecular Hbond substituents is 1. The van der Waals surface area contributed by atoms with Crippen LogP contribution in [0.15, 0.2) is 66.7 Å². The van der Waals surface area contributed by atoms with Gasteiger partial charge in [0.15, 0.2) is 0 Å². The van der Waals surface area contributed by atoms with Gasteiger partial charge in [-0.3, -0.25) is 0 Å². The summed E-state index contributed by atoms with van der Waals surface area (Å²) in [4.78, 5) is 11.8. The monoisotopic (exact) mass is 413 g/mol. The summed E-state index contributed by atoms with van der Waals surface area (Å²) in [6.45, 7) is 1.96. The number of benzene rings is 3. The van der Waals surface area contributed by atoms with Gasteiger partial charge in [-0.15, -0.1) is 18.2 Å². The van der Waals surface area contributed by atoms with Crippen LogP contribution < -0.4 is 4.74 Å². The maximum atomic E-state index is 11.8. The Labute approximate surface area is 165 Å². The Morgan fingerprint density at radius 3 is 2.08 bits per heavy atom. The molecule has 3 aromatic rings. The quantitative estimate of drug-likeness (QED) is 0.374. The van der Waals surface area contributed by atoms with Gasteiger partial charge in [0.1, 0.15) is 0 Å². The van der Waals surface area contributed by atoms with Crippen molar-refractivity contribution in [3.63, 3.8) is 0 Å². The molecule has 3 aromatic carbocycles. The summed E-state index contributed by atoms with van der Waals surface area (Å²) >= 11 is 8.19. The maximum absolute atomic E-state index is 11.8. The zero-order valence-electron chi connectivity index (χ0n) is 13.7. The van der Waals surface area contributed by atoms with Crippen molar-refractivity contribution >= 4 is 17.6 Å². The molecule has 137 valence electrons. The predicted molar refractivity (Wildman–Crippen MR) is 94.1 cm³/mol. The summed E-state index contributed by atoms with van der Waals surface area (Å²) < 4.78 is 13.1. The van der Waals surface area contributed by atoms with Gasteiger partial charge in [0.05, 0.1) is 5.56 Å². The first-order chi connectivity index (χ1) is 12.6. The molecule has 26 heavy (non-hydrogen) atoms. The molecule has 0 saturated carbocycles. The number of phenols is 1. The minimum atomic E-state index is -0.418. The van der Waals surface area contributed by atoms with Crippen LogP contribution in [0.2, 0.25) is 5.02 Å². The average molecular weight is 414 g/mol. The SMILES string of the molecule is Cc1ccc(C(=O)Oc2cc[c-]cc2Cl)cc1.Oc1cc[c-]cc1.[O]=[Co]. The molecule has 3 rings (SSSR count). The van der Waals surface area contributed by atoms with Crippen LogP contribution in [0.4, 0.5) is 0 Å². The summed E-state index contributed by atoms with van der Waals surface area (Å²) in [5.41, 5.74) is 1.59. The summed E-state index contributed by atoms with van der Waals surface area (Å²) in [7, 11) is 0. The van der Waals surface area contributed by atoms with Crippen molar-refractivity contribution < 1.29 is 34.2 Å². The van der Waals surface area contributed by atoms with Crippen molar-refractivity contribution in [2.75, 3.05) is 0 Å². The van der Waals surface area contributed by atoms with Crippen molar-refractivity contribution in [2.45, 2.75) is 6.92 Å². The molecule has 0 fully saturated rings. The molecule has 0 aromatic heterocycles. The number of halogens is 1. The van der Waals surface area contributed by atoms with Crippen LogP contribution in [0.1, 0.15) is 15.9 Å². The number of carbonyl (C=O) groups is 1. The first-order valence-electron chi connectivity index (χ1n) is 7.29. The van der Waals surface area contributed by atoms with Crippen LogP contribution in [-0.4, -0.2) is 11.1 Å². The third-order valence-electron chi connectivity index (χ3n) is 2.97. The number of aryl methyl sites for hydroxylation is 1. The van der Waals surface area contributed by atoms with E-state index in [9.17, 15) is 4.79 Å². The van der Waals surface area contributed by atoms with E-state index in [0.29, 0.717) is 22.1 Å². The summed E-state index contributed by atoms with van der Waals surface area (Å²) in [6.07, 6.45) is 0. The topological polar surface area (TPSA) is 63.6 Å². The van der Waals surface area contributed by atoms with E-state index < -0.39 is 5.97 Å². The Hall–Kier alpha value is -2.47. The van der Waals surface area contributed by atoms with Gasteiger partial charge in [0.2, 0.25) is 0 Å². The van der Waals surface area contributed by atoms with Crippen LogP contribution in [0.25, 0.3) is 0 Å². The average Bonchev–Trinajstić information content (AvgIpc) is 2.67. The third-order valence-corrected chi connectivity index (χ3v) is 3.26. The molecule has 0 aliphatic carbocycles. The third kappa shape index (κ3) is 7.61. The Kier molecular flexibility index (Phi) is 9.93. The fraction of sp³-hybridized carbons (Fsp3) is 0.0500. The number of carbonyl (C=O) groups excluding carboxylic acids is 1. The molecular formula is C20H15ClCoO4-2. The van der Waals surface area contributed by atoms with E-state index in [4.69, 9.17) is 25.3 Å². The second kappa shape index (κ2) is 12.0. The molecule has 4 nitrogen and oxygen atoms in total. The number of ether oxygens (including phenoxy) is 1. The molecular weight excluding hydrogens is 399 g/mol. The van der Waals surface area contributed by atoms with E-state index in [-0.39, 0.29) is 0 Å². The van der Waals surface area contributed by atoms with Crippen LogP contribution in [-0.2, 0) is 19.5 Å². The first kappa shape index (κ1) is 21.6. The van der Waals surface area contributed by atoms with Crippen molar-refractivity contribution in [2.24, 2.45) is 0 Å².